The molecule has 0 aliphatic heterocycles. The highest BCUT2D eigenvalue weighted by Gasteiger charge is 2.05. The fourth-order valence-corrected chi connectivity index (χ4v) is 0.986. The number of nitrogens with zero attached hydrogens (tertiary/aromatic N) is 1. The first-order valence-corrected chi connectivity index (χ1v) is 3.61. The molecule has 0 fully saturated rings. The van der Waals surface area contributed by atoms with E-state index in [1.807, 2.05) is 0 Å². The quantitative estimate of drug-likeness (QED) is 0.540. The highest BCUT2D eigenvalue weighted by Crippen LogP contribution is 2.01. The Balaban J connectivity index is 3.19. The maximum Gasteiger partial charge on any atom is 0.256 e. The molecule has 0 bridgehead atoms. The van der Waals surface area contributed by atoms with Gasteiger partial charge in [0.05, 0.1) is 5.56 Å². The molecule has 66 valence electrons. The number of H-pyrrole nitrogens is 1. The standard InChI is InChI=1S/C7H11N3O2/c1-4-9-6(8)5(2-3-11)7(12)10-4/h11H,2-3H2,1H3,(H3,8,9,10,12). The topological polar surface area (TPSA) is 92.0 Å². The number of aliphatic hydroxyl groups is 1. The van der Waals surface area contributed by atoms with Gasteiger partial charge in [0.15, 0.2) is 0 Å². The van der Waals surface area contributed by atoms with Crippen LogP contribution < -0.4 is 11.3 Å². The van der Waals surface area contributed by atoms with Crippen molar-refractivity contribution in [2.45, 2.75) is 13.3 Å². The Labute approximate surface area is 69.3 Å². The van der Waals surface area contributed by atoms with Gasteiger partial charge in [0.2, 0.25) is 0 Å². The number of aromatic amines is 1. The number of aliphatic hydroxyl groups excluding tert-OH is 1. The molecule has 0 aliphatic rings. The maximum absolute atomic E-state index is 11.2. The van der Waals surface area contributed by atoms with E-state index in [0.29, 0.717) is 11.4 Å². The molecular weight excluding hydrogens is 158 g/mol. The number of nitrogens with two attached hydrogens (primary N) is 1. The summed E-state index contributed by atoms with van der Waals surface area (Å²) in [5, 5.41) is 8.60. The Morgan fingerprint density at radius 2 is 2.33 bits per heavy atom. The second-order valence-electron chi connectivity index (χ2n) is 2.49. The molecule has 1 heterocycles. The Bertz CT molecular complexity index is 332. The number of hydrogen-bond acceptors (Lipinski definition) is 4. The van der Waals surface area contributed by atoms with Gasteiger partial charge in [-0.1, -0.05) is 0 Å². The molecule has 0 spiro atoms. The minimum atomic E-state index is -0.269. The molecule has 0 radical (unpaired) electrons. The van der Waals surface area contributed by atoms with Crippen LogP contribution in [0.3, 0.4) is 0 Å². The lowest BCUT2D eigenvalue weighted by atomic mass is 10.2. The minimum Gasteiger partial charge on any atom is -0.396 e. The Morgan fingerprint density at radius 1 is 1.67 bits per heavy atom. The van der Waals surface area contributed by atoms with E-state index in [-0.39, 0.29) is 24.4 Å². The monoisotopic (exact) mass is 169 g/mol. The van der Waals surface area contributed by atoms with Gasteiger partial charge in [-0.05, 0) is 6.92 Å². The largest absolute Gasteiger partial charge is 0.396 e. The van der Waals surface area contributed by atoms with E-state index >= 15 is 0 Å². The van der Waals surface area contributed by atoms with Gasteiger partial charge in [-0.2, -0.15) is 0 Å². The lowest BCUT2D eigenvalue weighted by Gasteiger charge is -2.01. The number of nitrogen functional groups attached to an aromatic ring is 1. The first kappa shape index (κ1) is 8.73. The number of rotatable bonds is 2. The smallest absolute Gasteiger partial charge is 0.256 e. The van der Waals surface area contributed by atoms with Crippen molar-refractivity contribution in [3.8, 4) is 0 Å². The predicted molar refractivity (Wildman–Crippen MR) is 44.8 cm³/mol. The Morgan fingerprint density at radius 3 is 2.83 bits per heavy atom. The maximum atomic E-state index is 11.2. The molecule has 0 amide bonds. The molecule has 1 aromatic rings. The molecule has 5 nitrogen and oxygen atoms in total. The third-order valence-corrected chi connectivity index (χ3v) is 1.53. The van der Waals surface area contributed by atoms with Gasteiger partial charge in [-0.25, -0.2) is 4.98 Å². The summed E-state index contributed by atoms with van der Waals surface area (Å²) in [6, 6.07) is 0. The summed E-state index contributed by atoms with van der Waals surface area (Å²) in [4.78, 5) is 17.5. The number of aryl methyl sites for hydroxylation is 1. The molecule has 0 atom stereocenters. The van der Waals surface area contributed by atoms with Crippen LogP contribution in [0.1, 0.15) is 11.4 Å². The van der Waals surface area contributed by atoms with Crippen LogP contribution in [0, 0.1) is 6.92 Å². The molecule has 0 unspecified atom stereocenters. The predicted octanol–water partition coefficient (Wildman–Crippen LogP) is -0.805. The normalized spacial score (nSPS) is 10.2. The molecule has 5 heteroatoms. The van der Waals surface area contributed by atoms with Crippen molar-refractivity contribution in [2.75, 3.05) is 12.3 Å². The number of hydrogen-bond donors (Lipinski definition) is 3. The van der Waals surface area contributed by atoms with E-state index in [0.717, 1.165) is 0 Å². The van der Waals surface area contributed by atoms with Crippen molar-refractivity contribution in [2.24, 2.45) is 0 Å². The highest BCUT2D eigenvalue weighted by atomic mass is 16.3. The number of anilines is 1. The second kappa shape index (κ2) is 3.36. The van der Waals surface area contributed by atoms with Crippen molar-refractivity contribution in [3.05, 3.63) is 21.7 Å². The second-order valence-corrected chi connectivity index (χ2v) is 2.49. The van der Waals surface area contributed by atoms with Crippen LogP contribution in [0.5, 0.6) is 0 Å². The highest BCUT2D eigenvalue weighted by molar-refractivity contribution is 5.37. The first-order chi connectivity index (χ1) is 5.65. The van der Waals surface area contributed by atoms with Gasteiger partial charge in [0, 0.05) is 13.0 Å². The van der Waals surface area contributed by atoms with Gasteiger partial charge < -0.3 is 15.8 Å². The lowest BCUT2D eigenvalue weighted by molar-refractivity contribution is 0.299. The zero-order chi connectivity index (χ0) is 9.14. The van der Waals surface area contributed by atoms with Crippen molar-refractivity contribution in [3.63, 3.8) is 0 Å². The molecule has 0 saturated carbocycles. The van der Waals surface area contributed by atoms with E-state index in [1.165, 1.54) is 0 Å². The third-order valence-electron chi connectivity index (χ3n) is 1.53. The van der Waals surface area contributed by atoms with Crippen molar-refractivity contribution >= 4 is 5.82 Å². The molecule has 0 aromatic carbocycles. The van der Waals surface area contributed by atoms with Gasteiger partial charge in [-0.3, -0.25) is 4.79 Å². The summed E-state index contributed by atoms with van der Waals surface area (Å²) in [5.41, 5.74) is 5.55. The zero-order valence-electron chi connectivity index (χ0n) is 6.79. The van der Waals surface area contributed by atoms with E-state index in [9.17, 15) is 4.79 Å². The minimum absolute atomic E-state index is 0.0992. The number of nitrogens with one attached hydrogen (secondary N) is 1. The summed E-state index contributed by atoms with van der Waals surface area (Å²) in [5.74, 6) is 0.685. The molecule has 1 rings (SSSR count). The molecule has 1 aromatic heterocycles. The van der Waals surface area contributed by atoms with Gasteiger partial charge in [-0.15, -0.1) is 0 Å². The van der Waals surface area contributed by atoms with Crippen LogP contribution in [-0.4, -0.2) is 21.7 Å². The van der Waals surface area contributed by atoms with E-state index in [2.05, 4.69) is 9.97 Å². The van der Waals surface area contributed by atoms with Crippen LogP contribution in [0.15, 0.2) is 4.79 Å². The fourth-order valence-electron chi connectivity index (χ4n) is 0.986. The van der Waals surface area contributed by atoms with Crippen LogP contribution in [0.25, 0.3) is 0 Å². The molecule has 0 saturated heterocycles. The zero-order valence-corrected chi connectivity index (χ0v) is 6.79. The molecule has 4 N–H and O–H groups in total. The summed E-state index contributed by atoms with van der Waals surface area (Å²) in [6.07, 6.45) is 0.244. The van der Waals surface area contributed by atoms with E-state index in [4.69, 9.17) is 10.8 Å². The lowest BCUT2D eigenvalue weighted by Crippen LogP contribution is -2.19. The van der Waals surface area contributed by atoms with Gasteiger partial charge >= 0.3 is 0 Å². The SMILES string of the molecule is Cc1nc(N)c(CCO)c(=O)[nH]1. The average Bonchev–Trinajstić information content (AvgIpc) is 1.96. The summed E-state index contributed by atoms with van der Waals surface area (Å²) in [7, 11) is 0. The summed E-state index contributed by atoms with van der Waals surface area (Å²) >= 11 is 0. The van der Waals surface area contributed by atoms with E-state index in [1.54, 1.807) is 6.92 Å². The molecule has 0 aliphatic carbocycles. The molecular formula is C7H11N3O2. The summed E-state index contributed by atoms with van der Waals surface area (Å²) in [6.45, 7) is 1.55. The fraction of sp³-hybridized carbons (Fsp3) is 0.429. The van der Waals surface area contributed by atoms with Crippen LogP contribution in [-0.2, 0) is 6.42 Å². The third kappa shape index (κ3) is 1.62. The number of aromatic nitrogens is 2. The van der Waals surface area contributed by atoms with Gasteiger partial charge in [0.25, 0.3) is 5.56 Å². The van der Waals surface area contributed by atoms with E-state index < -0.39 is 0 Å². The van der Waals surface area contributed by atoms with Crippen molar-refractivity contribution in [1.82, 2.24) is 9.97 Å². The van der Waals surface area contributed by atoms with Crippen molar-refractivity contribution in [1.29, 1.82) is 0 Å². The Kier molecular flexibility index (Phi) is 2.44. The van der Waals surface area contributed by atoms with Crippen LogP contribution in [0.4, 0.5) is 5.82 Å². The Hall–Kier alpha value is -1.36. The first-order valence-electron chi connectivity index (χ1n) is 3.61. The van der Waals surface area contributed by atoms with Gasteiger partial charge in [0.1, 0.15) is 11.6 Å². The summed E-state index contributed by atoms with van der Waals surface area (Å²) < 4.78 is 0. The molecule has 12 heavy (non-hydrogen) atoms. The van der Waals surface area contributed by atoms with Crippen LogP contribution in [0.2, 0.25) is 0 Å². The van der Waals surface area contributed by atoms with Crippen LogP contribution >= 0.6 is 0 Å². The van der Waals surface area contributed by atoms with Crippen molar-refractivity contribution < 1.29 is 5.11 Å². The average molecular weight is 169 g/mol.